The zero-order valence-electron chi connectivity index (χ0n) is 19.6. The molecule has 9 nitrogen and oxygen atoms in total. The van der Waals surface area contributed by atoms with Crippen LogP contribution in [0.3, 0.4) is 0 Å². The van der Waals surface area contributed by atoms with Crippen molar-refractivity contribution in [2.24, 2.45) is 0 Å². The monoisotopic (exact) mass is 540 g/mol. The van der Waals surface area contributed by atoms with Crippen molar-refractivity contribution in [3.8, 4) is 11.8 Å². The number of halogens is 4. The smallest absolute Gasteiger partial charge is 0.418 e. The topological polar surface area (TPSA) is 131 Å². The van der Waals surface area contributed by atoms with Crippen LogP contribution >= 0.6 is 0 Å². The van der Waals surface area contributed by atoms with Gasteiger partial charge in [0.1, 0.15) is 11.4 Å². The van der Waals surface area contributed by atoms with Crippen LogP contribution in [0.2, 0.25) is 0 Å². The lowest BCUT2D eigenvalue weighted by molar-refractivity contribution is -0.142. The third kappa shape index (κ3) is 5.25. The van der Waals surface area contributed by atoms with Crippen molar-refractivity contribution in [1.82, 2.24) is 15.2 Å². The number of alkyl halides is 3. The van der Waals surface area contributed by atoms with Gasteiger partial charge < -0.3 is 15.2 Å². The molecule has 1 aliphatic carbocycles. The number of hydrogen-bond acceptors (Lipinski definition) is 8. The SMILES string of the molecule is Cc1c(Oc2nnc(C(F)(F)F)c(C)c2C(=O)Nc2cccc(S(C)(=O)=O)c2)ncc(C2(O)CC2)c1F. The summed E-state index contributed by atoms with van der Waals surface area (Å²) in [6.45, 7) is 2.27. The Labute approximate surface area is 208 Å². The molecule has 14 heteroatoms. The molecule has 1 saturated carbocycles. The molecule has 0 unspecified atom stereocenters. The van der Waals surface area contributed by atoms with Gasteiger partial charge in [-0.2, -0.15) is 13.2 Å². The molecule has 0 radical (unpaired) electrons. The molecule has 1 aliphatic rings. The summed E-state index contributed by atoms with van der Waals surface area (Å²) < 4.78 is 84.5. The van der Waals surface area contributed by atoms with E-state index in [4.69, 9.17) is 4.74 Å². The number of nitrogens with zero attached hydrogens (tertiary/aromatic N) is 3. The summed E-state index contributed by atoms with van der Waals surface area (Å²) >= 11 is 0. The molecule has 2 aromatic heterocycles. The van der Waals surface area contributed by atoms with Gasteiger partial charge in [0.25, 0.3) is 11.8 Å². The molecule has 0 bridgehead atoms. The van der Waals surface area contributed by atoms with E-state index in [9.17, 15) is 35.9 Å². The van der Waals surface area contributed by atoms with Gasteiger partial charge in [-0.3, -0.25) is 4.79 Å². The molecular formula is C23H20F4N4O5S. The van der Waals surface area contributed by atoms with Crippen molar-refractivity contribution in [3.63, 3.8) is 0 Å². The maximum Gasteiger partial charge on any atom is 0.435 e. The number of benzene rings is 1. The maximum absolute atomic E-state index is 14.9. The fourth-order valence-electron chi connectivity index (χ4n) is 3.58. The van der Waals surface area contributed by atoms with Crippen molar-refractivity contribution >= 4 is 21.4 Å². The molecule has 37 heavy (non-hydrogen) atoms. The zero-order valence-corrected chi connectivity index (χ0v) is 20.5. The summed E-state index contributed by atoms with van der Waals surface area (Å²) in [4.78, 5) is 17.0. The first-order valence-electron chi connectivity index (χ1n) is 10.7. The van der Waals surface area contributed by atoms with Crippen molar-refractivity contribution in [2.75, 3.05) is 11.6 Å². The highest BCUT2D eigenvalue weighted by atomic mass is 32.2. The largest absolute Gasteiger partial charge is 0.435 e. The lowest BCUT2D eigenvalue weighted by Crippen LogP contribution is -2.21. The minimum absolute atomic E-state index is 0.0222. The Morgan fingerprint density at radius 2 is 1.81 bits per heavy atom. The summed E-state index contributed by atoms with van der Waals surface area (Å²) in [7, 11) is -3.64. The van der Waals surface area contributed by atoms with Crippen molar-refractivity contribution < 1.29 is 40.6 Å². The van der Waals surface area contributed by atoms with E-state index in [0.717, 1.165) is 25.4 Å². The van der Waals surface area contributed by atoms with Gasteiger partial charge in [0.05, 0.1) is 10.5 Å². The summed E-state index contributed by atoms with van der Waals surface area (Å²) in [5.41, 5.74) is -4.31. The summed E-state index contributed by atoms with van der Waals surface area (Å²) in [5, 5.41) is 19.1. The Hall–Kier alpha value is -3.65. The van der Waals surface area contributed by atoms with E-state index in [1.165, 1.54) is 25.1 Å². The van der Waals surface area contributed by atoms with E-state index in [1.54, 1.807) is 0 Å². The van der Waals surface area contributed by atoms with Crippen LogP contribution in [-0.4, -0.2) is 40.9 Å². The van der Waals surface area contributed by atoms with Crippen molar-refractivity contribution in [3.05, 3.63) is 64.2 Å². The number of carbonyl (C=O) groups excluding carboxylic acids is 1. The highest BCUT2D eigenvalue weighted by molar-refractivity contribution is 7.90. The Bertz CT molecular complexity index is 1520. The van der Waals surface area contributed by atoms with E-state index < -0.39 is 61.9 Å². The Kier molecular flexibility index (Phi) is 6.44. The first kappa shape index (κ1) is 26.4. The van der Waals surface area contributed by atoms with Crippen LogP contribution in [0.25, 0.3) is 0 Å². The Balaban J connectivity index is 1.76. The molecule has 2 heterocycles. The minimum Gasteiger partial charge on any atom is -0.418 e. The molecule has 2 N–H and O–H groups in total. The van der Waals surface area contributed by atoms with E-state index in [-0.39, 0.29) is 21.7 Å². The predicted octanol–water partition coefficient (Wildman–Crippen LogP) is 4.08. The summed E-state index contributed by atoms with van der Waals surface area (Å²) in [6, 6.07) is 5.09. The molecule has 1 amide bonds. The quantitative estimate of drug-likeness (QED) is 0.448. The van der Waals surface area contributed by atoms with Crippen molar-refractivity contribution in [2.45, 2.75) is 43.4 Å². The second kappa shape index (κ2) is 9.03. The third-order valence-electron chi connectivity index (χ3n) is 5.82. The van der Waals surface area contributed by atoms with Gasteiger partial charge in [-0.15, -0.1) is 10.2 Å². The zero-order chi connectivity index (χ0) is 27.3. The van der Waals surface area contributed by atoms with Crippen LogP contribution in [-0.2, 0) is 21.6 Å². The second-order valence-corrected chi connectivity index (χ2v) is 10.7. The molecule has 4 rings (SSSR count). The molecule has 3 aromatic rings. The van der Waals surface area contributed by atoms with Crippen LogP contribution in [0, 0.1) is 19.7 Å². The molecule has 1 fully saturated rings. The maximum atomic E-state index is 14.9. The van der Waals surface area contributed by atoms with E-state index in [0.29, 0.717) is 12.8 Å². The standard InChI is InChI=1S/C23H20F4N4O5S/c1-11-16(19(32)29-13-5-4-6-14(9-13)37(3,34)35)21(31-30-18(11)23(25,26)27)36-20-12(2)17(24)15(10-28-20)22(33)7-8-22/h4-6,9-10,33H,7-8H2,1-3H3,(H,29,32). The molecule has 0 atom stereocenters. The highest BCUT2D eigenvalue weighted by Gasteiger charge is 2.45. The van der Waals surface area contributed by atoms with Gasteiger partial charge >= 0.3 is 6.18 Å². The van der Waals surface area contributed by atoms with E-state index in [1.807, 2.05) is 0 Å². The number of sulfone groups is 1. The lowest BCUT2D eigenvalue weighted by atomic mass is 10.1. The molecule has 0 spiro atoms. The number of rotatable bonds is 6. The second-order valence-electron chi connectivity index (χ2n) is 8.66. The fourth-order valence-corrected chi connectivity index (χ4v) is 4.25. The molecule has 0 saturated heterocycles. The number of ether oxygens (including phenoxy) is 1. The first-order valence-corrected chi connectivity index (χ1v) is 12.6. The number of nitrogens with one attached hydrogen (secondary N) is 1. The van der Waals surface area contributed by atoms with E-state index in [2.05, 4.69) is 20.5 Å². The lowest BCUT2D eigenvalue weighted by Gasteiger charge is -2.17. The van der Waals surface area contributed by atoms with Gasteiger partial charge in [-0.1, -0.05) is 6.07 Å². The highest BCUT2D eigenvalue weighted by Crippen LogP contribution is 2.47. The fraction of sp³-hybridized carbons (Fsp3) is 0.304. The van der Waals surface area contributed by atoms with Gasteiger partial charge in [-0.05, 0) is 50.5 Å². The van der Waals surface area contributed by atoms with Crippen LogP contribution in [0.15, 0.2) is 35.4 Å². The van der Waals surface area contributed by atoms with E-state index >= 15 is 0 Å². The molecule has 0 aliphatic heterocycles. The van der Waals surface area contributed by atoms with Gasteiger partial charge in [0.2, 0.25) is 5.88 Å². The predicted molar refractivity (Wildman–Crippen MR) is 121 cm³/mol. The number of aliphatic hydroxyl groups is 1. The number of carbonyl (C=O) groups is 1. The average Bonchev–Trinajstić information content (AvgIpc) is 3.53. The molecular weight excluding hydrogens is 520 g/mol. The van der Waals surface area contributed by atoms with Gasteiger partial charge in [0, 0.05) is 29.3 Å². The first-order chi connectivity index (χ1) is 17.1. The van der Waals surface area contributed by atoms with Gasteiger partial charge in [0.15, 0.2) is 15.5 Å². The summed E-state index contributed by atoms with van der Waals surface area (Å²) in [6.07, 6.45) is -2.26. The number of amides is 1. The molecule has 1 aromatic carbocycles. The van der Waals surface area contributed by atoms with Crippen molar-refractivity contribution in [1.29, 1.82) is 0 Å². The Morgan fingerprint density at radius 3 is 2.41 bits per heavy atom. The summed E-state index contributed by atoms with van der Waals surface area (Å²) in [5.74, 6) is -3.01. The molecule has 196 valence electrons. The number of hydrogen-bond donors (Lipinski definition) is 2. The van der Waals surface area contributed by atoms with Crippen LogP contribution < -0.4 is 10.1 Å². The normalized spacial score (nSPS) is 14.8. The van der Waals surface area contributed by atoms with Crippen LogP contribution in [0.4, 0.5) is 23.2 Å². The third-order valence-corrected chi connectivity index (χ3v) is 6.93. The van der Waals surface area contributed by atoms with Crippen LogP contribution in [0.5, 0.6) is 11.8 Å². The minimum atomic E-state index is -4.96. The van der Waals surface area contributed by atoms with Gasteiger partial charge in [-0.25, -0.2) is 17.8 Å². The average molecular weight is 540 g/mol. The van der Waals surface area contributed by atoms with Crippen LogP contribution in [0.1, 0.15) is 45.6 Å². The number of aromatic nitrogens is 3. The number of pyridine rings is 1. The Morgan fingerprint density at radius 1 is 1.14 bits per heavy atom. The number of anilines is 1.